The number of hydrogen-bond donors (Lipinski definition) is 2. The van der Waals surface area contributed by atoms with Crippen LogP contribution in [-0.4, -0.2) is 43.8 Å². The van der Waals surface area contributed by atoms with E-state index in [9.17, 15) is 0 Å². The molecule has 0 spiro atoms. The predicted molar refractivity (Wildman–Crippen MR) is 116 cm³/mol. The SMILES string of the molecule is CN=C(NCC1(SC)CCOCC1)NC(C)c1cccc(Cl)c1.I. The Hall–Kier alpha value is -0.180. The maximum atomic E-state index is 6.07. The summed E-state index contributed by atoms with van der Waals surface area (Å²) < 4.78 is 5.73. The highest BCUT2D eigenvalue weighted by Gasteiger charge is 2.31. The normalized spacial score (nSPS) is 18.4. The van der Waals surface area contributed by atoms with Gasteiger partial charge in [-0.3, -0.25) is 4.99 Å². The largest absolute Gasteiger partial charge is 0.381 e. The lowest BCUT2D eigenvalue weighted by atomic mass is 9.99. The number of guanidine groups is 1. The molecular formula is C17H27ClIN3OS. The van der Waals surface area contributed by atoms with Gasteiger partial charge in [0.2, 0.25) is 0 Å². The lowest BCUT2D eigenvalue weighted by Gasteiger charge is -2.36. The molecule has 24 heavy (non-hydrogen) atoms. The van der Waals surface area contributed by atoms with E-state index in [0.717, 1.165) is 49.1 Å². The summed E-state index contributed by atoms with van der Waals surface area (Å²) in [6, 6.07) is 8.04. The van der Waals surface area contributed by atoms with E-state index in [-0.39, 0.29) is 34.8 Å². The van der Waals surface area contributed by atoms with Crippen LogP contribution in [0.15, 0.2) is 29.3 Å². The summed E-state index contributed by atoms with van der Waals surface area (Å²) in [7, 11) is 1.80. The van der Waals surface area contributed by atoms with Crippen molar-refractivity contribution in [2.24, 2.45) is 4.99 Å². The first kappa shape index (κ1) is 21.9. The van der Waals surface area contributed by atoms with Gasteiger partial charge in [-0.15, -0.1) is 24.0 Å². The highest BCUT2D eigenvalue weighted by atomic mass is 127. The summed E-state index contributed by atoms with van der Waals surface area (Å²) in [5, 5.41) is 7.66. The fourth-order valence-corrected chi connectivity index (χ4v) is 3.69. The van der Waals surface area contributed by atoms with Crippen LogP contribution in [0.2, 0.25) is 5.02 Å². The topological polar surface area (TPSA) is 45.7 Å². The van der Waals surface area contributed by atoms with Gasteiger partial charge in [0.05, 0.1) is 6.04 Å². The van der Waals surface area contributed by atoms with Crippen LogP contribution in [0.4, 0.5) is 0 Å². The zero-order valence-electron chi connectivity index (χ0n) is 14.5. The molecule has 0 saturated carbocycles. The average Bonchev–Trinajstić information content (AvgIpc) is 2.59. The minimum absolute atomic E-state index is 0. The van der Waals surface area contributed by atoms with E-state index in [1.807, 2.05) is 30.0 Å². The molecule has 2 N–H and O–H groups in total. The lowest BCUT2D eigenvalue weighted by Crippen LogP contribution is -2.48. The fourth-order valence-electron chi connectivity index (χ4n) is 2.70. The van der Waals surface area contributed by atoms with E-state index < -0.39 is 0 Å². The average molecular weight is 484 g/mol. The van der Waals surface area contributed by atoms with Crippen molar-refractivity contribution in [3.8, 4) is 0 Å². The van der Waals surface area contributed by atoms with E-state index in [4.69, 9.17) is 16.3 Å². The van der Waals surface area contributed by atoms with Crippen LogP contribution in [0.5, 0.6) is 0 Å². The molecule has 0 bridgehead atoms. The van der Waals surface area contributed by atoms with Crippen LogP contribution in [0.25, 0.3) is 0 Å². The summed E-state index contributed by atoms with van der Waals surface area (Å²) in [5.74, 6) is 0.817. The Morgan fingerprint density at radius 3 is 2.71 bits per heavy atom. The van der Waals surface area contributed by atoms with Gasteiger partial charge in [-0.1, -0.05) is 23.7 Å². The molecule has 0 aromatic heterocycles. The van der Waals surface area contributed by atoms with Gasteiger partial charge in [-0.2, -0.15) is 11.8 Å². The van der Waals surface area contributed by atoms with Crippen molar-refractivity contribution in [3.63, 3.8) is 0 Å². The van der Waals surface area contributed by atoms with Crippen molar-refractivity contribution >= 4 is 53.3 Å². The zero-order valence-corrected chi connectivity index (χ0v) is 18.4. The summed E-state index contributed by atoms with van der Waals surface area (Å²) >= 11 is 7.99. The molecule has 1 fully saturated rings. The second-order valence-electron chi connectivity index (χ2n) is 5.85. The van der Waals surface area contributed by atoms with Gasteiger partial charge in [0.25, 0.3) is 0 Å². The Labute approximate surface area is 171 Å². The van der Waals surface area contributed by atoms with E-state index >= 15 is 0 Å². The zero-order chi connectivity index (χ0) is 16.7. The standard InChI is InChI=1S/C17H26ClN3OS.HI/c1-13(14-5-4-6-15(18)11-14)21-16(19-2)20-12-17(23-3)7-9-22-10-8-17;/h4-6,11,13H,7-10,12H2,1-3H3,(H2,19,20,21);1H. The van der Waals surface area contributed by atoms with Crippen molar-refractivity contribution in [3.05, 3.63) is 34.9 Å². The number of nitrogens with zero attached hydrogens (tertiary/aromatic N) is 1. The molecule has 136 valence electrons. The number of nitrogens with one attached hydrogen (secondary N) is 2. The van der Waals surface area contributed by atoms with Gasteiger partial charge in [-0.05, 0) is 43.7 Å². The molecule has 1 aliphatic rings. The van der Waals surface area contributed by atoms with E-state index in [2.05, 4.69) is 34.9 Å². The molecule has 1 heterocycles. The monoisotopic (exact) mass is 483 g/mol. The van der Waals surface area contributed by atoms with Crippen molar-refractivity contribution in [2.45, 2.75) is 30.6 Å². The van der Waals surface area contributed by atoms with Gasteiger partial charge in [0.15, 0.2) is 5.96 Å². The Morgan fingerprint density at radius 2 is 2.12 bits per heavy atom. The highest BCUT2D eigenvalue weighted by Crippen LogP contribution is 2.33. The summed E-state index contributed by atoms with van der Waals surface area (Å²) in [6.07, 6.45) is 4.32. The third-order valence-corrected chi connectivity index (χ3v) is 5.99. The highest BCUT2D eigenvalue weighted by molar-refractivity contribution is 14.0. The number of hydrogen-bond acceptors (Lipinski definition) is 3. The predicted octanol–water partition coefficient (Wildman–Crippen LogP) is 4.10. The van der Waals surface area contributed by atoms with Crippen LogP contribution >= 0.6 is 47.3 Å². The first-order chi connectivity index (χ1) is 11.1. The van der Waals surface area contributed by atoms with Gasteiger partial charge in [-0.25, -0.2) is 0 Å². The number of aliphatic imine (C=N–C) groups is 1. The third kappa shape index (κ3) is 6.28. The molecule has 1 aliphatic heterocycles. The molecule has 1 unspecified atom stereocenters. The van der Waals surface area contributed by atoms with Gasteiger partial charge >= 0.3 is 0 Å². The maximum absolute atomic E-state index is 6.07. The molecule has 2 rings (SSSR count). The molecule has 1 aromatic rings. The molecule has 4 nitrogen and oxygen atoms in total. The van der Waals surface area contributed by atoms with Gasteiger partial charge < -0.3 is 15.4 Å². The molecule has 0 aliphatic carbocycles. The van der Waals surface area contributed by atoms with E-state index in [1.54, 1.807) is 7.05 Å². The number of benzene rings is 1. The molecule has 1 atom stereocenters. The Balaban J connectivity index is 0.00000288. The van der Waals surface area contributed by atoms with Gasteiger partial charge in [0.1, 0.15) is 0 Å². The third-order valence-electron chi connectivity index (χ3n) is 4.34. The molecule has 0 amide bonds. The van der Waals surface area contributed by atoms with Crippen LogP contribution in [0.1, 0.15) is 31.4 Å². The number of rotatable bonds is 5. The van der Waals surface area contributed by atoms with Crippen molar-refractivity contribution < 1.29 is 4.74 Å². The quantitative estimate of drug-likeness (QED) is 0.376. The smallest absolute Gasteiger partial charge is 0.191 e. The van der Waals surface area contributed by atoms with Crippen molar-refractivity contribution in [1.29, 1.82) is 0 Å². The van der Waals surface area contributed by atoms with Crippen LogP contribution in [-0.2, 0) is 4.74 Å². The van der Waals surface area contributed by atoms with E-state index in [0.29, 0.717) is 0 Å². The molecule has 0 radical (unpaired) electrons. The van der Waals surface area contributed by atoms with Crippen LogP contribution in [0, 0.1) is 0 Å². The van der Waals surface area contributed by atoms with Crippen LogP contribution in [0.3, 0.4) is 0 Å². The minimum Gasteiger partial charge on any atom is -0.381 e. The Morgan fingerprint density at radius 1 is 1.42 bits per heavy atom. The molecule has 1 aromatic carbocycles. The second kappa shape index (κ2) is 10.7. The van der Waals surface area contributed by atoms with E-state index in [1.165, 1.54) is 0 Å². The Bertz CT molecular complexity index is 538. The first-order valence-electron chi connectivity index (χ1n) is 7.94. The molecule has 7 heteroatoms. The van der Waals surface area contributed by atoms with Crippen molar-refractivity contribution in [1.82, 2.24) is 10.6 Å². The summed E-state index contributed by atoms with van der Waals surface area (Å²) in [5.41, 5.74) is 1.14. The lowest BCUT2D eigenvalue weighted by molar-refractivity contribution is 0.0782. The Kier molecular flexibility index (Phi) is 9.77. The first-order valence-corrected chi connectivity index (χ1v) is 9.54. The van der Waals surface area contributed by atoms with Gasteiger partial charge in [0, 0.05) is 36.6 Å². The maximum Gasteiger partial charge on any atom is 0.191 e. The summed E-state index contributed by atoms with van der Waals surface area (Å²) in [4.78, 5) is 4.35. The molecular weight excluding hydrogens is 457 g/mol. The minimum atomic E-state index is 0. The van der Waals surface area contributed by atoms with Crippen LogP contribution < -0.4 is 10.6 Å². The van der Waals surface area contributed by atoms with Crippen molar-refractivity contribution in [2.75, 3.05) is 33.1 Å². The summed E-state index contributed by atoms with van der Waals surface area (Å²) in [6.45, 7) is 4.68. The molecule has 1 saturated heterocycles. The number of halogens is 2. The number of ether oxygens (including phenoxy) is 1. The fraction of sp³-hybridized carbons (Fsp3) is 0.588. The second-order valence-corrected chi connectivity index (χ2v) is 7.56. The number of thioether (sulfide) groups is 1.